The lowest BCUT2D eigenvalue weighted by atomic mass is 9.88. The maximum Gasteiger partial charge on any atom is 0.407 e. The summed E-state index contributed by atoms with van der Waals surface area (Å²) < 4.78 is 56.0. The average Bonchev–Trinajstić information content (AvgIpc) is 3.62. The van der Waals surface area contributed by atoms with Gasteiger partial charge in [-0.25, -0.2) is 27.0 Å². The van der Waals surface area contributed by atoms with Crippen LogP contribution in [-0.4, -0.2) is 48.5 Å². The van der Waals surface area contributed by atoms with Gasteiger partial charge >= 0.3 is 11.8 Å². The van der Waals surface area contributed by atoms with Gasteiger partial charge in [0, 0.05) is 51.3 Å². The topological polar surface area (TPSA) is 135 Å². The molecule has 1 saturated carbocycles. The van der Waals surface area contributed by atoms with Gasteiger partial charge in [-0.2, -0.15) is 4.39 Å². The molecule has 3 aliphatic rings. The highest BCUT2D eigenvalue weighted by Crippen LogP contribution is 2.47. The van der Waals surface area contributed by atoms with Crippen molar-refractivity contribution in [2.75, 3.05) is 0 Å². The third-order valence-electron chi connectivity index (χ3n) is 8.67. The van der Waals surface area contributed by atoms with E-state index in [4.69, 9.17) is 4.74 Å². The number of alkyl carbamates (subject to hydrolysis) is 1. The number of carbonyl (C=O) groups is 1. The van der Waals surface area contributed by atoms with Gasteiger partial charge in [0.1, 0.15) is 6.10 Å². The molecule has 1 aliphatic carbocycles. The summed E-state index contributed by atoms with van der Waals surface area (Å²) in [6.45, 7) is 0.143. The third-order valence-corrected chi connectivity index (χ3v) is 10.4. The van der Waals surface area contributed by atoms with Gasteiger partial charge in [0.15, 0.2) is 5.65 Å². The second-order valence-electron chi connectivity index (χ2n) is 11.4. The standard InChI is InChI=1S/C31H26FN7O5S/c1-36-16-22(28(32)35-36)26-24-18-8-6-7-17(11-18)14-34-30(40)44-20-12-19(13-20)38-27-23(37(2)31(38)41)15-33-29(25(24)27)39(26)45(42,43)21-9-4-3-5-10-21/h3-11,15-16,19-20H,12-14H2,1-2H3,(H,34,40). The van der Waals surface area contributed by atoms with Gasteiger partial charge < -0.3 is 10.1 Å². The molecule has 6 heterocycles. The second kappa shape index (κ2) is 9.63. The molecule has 9 rings (SSSR count). The molecule has 0 unspecified atom stereocenters. The minimum atomic E-state index is -4.38. The smallest absolute Gasteiger partial charge is 0.407 e. The van der Waals surface area contributed by atoms with Crippen LogP contribution in [0, 0.1) is 5.95 Å². The number of halogens is 1. The van der Waals surface area contributed by atoms with Crippen molar-refractivity contribution < 1.29 is 22.3 Å². The molecule has 1 N–H and O–H groups in total. The molecule has 0 radical (unpaired) electrons. The van der Waals surface area contributed by atoms with E-state index >= 15 is 4.39 Å². The number of nitrogens with one attached hydrogen (secondary N) is 1. The summed E-state index contributed by atoms with van der Waals surface area (Å²) in [4.78, 5) is 31.1. The van der Waals surface area contributed by atoms with Crippen molar-refractivity contribution >= 4 is 38.2 Å². The van der Waals surface area contributed by atoms with Gasteiger partial charge in [-0.15, -0.1) is 5.10 Å². The van der Waals surface area contributed by atoms with Crippen LogP contribution in [0.5, 0.6) is 0 Å². The number of hydrogen-bond donors (Lipinski definition) is 1. The Morgan fingerprint density at radius 2 is 1.82 bits per heavy atom. The highest BCUT2D eigenvalue weighted by molar-refractivity contribution is 7.90. The van der Waals surface area contributed by atoms with Crippen LogP contribution in [0.1, 0.15) is 24.4 Å². The molecule has 4 bridgehead atoms. The third kappa shape index (κ3) is 3.98. The Bertz CT molecular complexity index is 2370. The fourth-order valence-corrected chi connectivity index (χ4v) is 8.01. The lowest BCUT2D eigenvalue weighted by Crippen LogP contribution is -2.41. The number of aromatic nitrogens is 6. The summed E-state index contributed by atoms with van der Waals surface area (Å²) in [6, 6.07) is 14.7. The fourth-order valence-electron chi connectivity index (χ4n) is 6.51. The molecule has 1 amide bonds. The maximum absolute atomic E-state index is 15.8. The summed E-state index contributed by atoms with van der Waals surface area (Å²) in [5.41, 5.74) is 2.22. The summed E-state index contributed by atoms with van der Waals surface area (Å²) in [5, 5.41) is 7.06. The zero-order chi connectivity index (χ0) is 31.2. The molecule has 14 heteroatoms. The number of pyridine rings is 1. The Morgan fingerprint density at radius 3 is 2.56 bits per heavy atom. The largest absolute Gasteiger partial charge is 0.446 e. The van der Waals surface area contributed by atoms with Crippen LogP contribution in [0.3, 0.4) is 0 Å². The van der Waals surface area contributed by atoms with E-state index in [9.17, 15) is 18.0 Å². The molecule has 1 fully saturated rings. The van der Waals surface area contributed by atoms with Crippen molar-refractivity contribution in [2.24, 2.45) is 14.1 Å². The molecule has 0 saturated heterocycles. The molecule has 4 aromatic heterocycles. The lowest BCUT2D eigenvalue weighted by molar-refractivity contribution is 0.0217. The molecule has 2 aromatic carbocycles. The number of hydrogen-bond acceptors (Lipinski definition) is 7. The monoisotopic (exact) mass is 627 g/mol. The molecule has 228 valence electrons. The summed E-state index contributed by atoms with van der Waals surface area (Å²) in [5.74, 6) is -0.871. The van der Waals surface area contributed by atoms with Gasteiger partial charge in [-0.1, -0.05) is 36.4 Å². The minimum Gasteiger partial charge on any atom is -0.446 e. The number of ether oxygens (including phenoxy) is 1. The Morgan fingerprint density at radius 1 is 1.04 bits per heavy atom. The zero-order valence-corrected chi connectivity index (χ0v) is 25.0. The summed E-state index contributed by atoms with van der Waals surface area (Å²) in [7, 11) is -1.21. The predicted octanol–water partition coefficient (Wildman–Crippen LogP) is 4.08. The molecule has 12 nitrogen and oxygen atoms in total. The summed E-state index contributed by atoms with van der Waals surface area (Å²) in [6.07, 6.45) is 2.71. The van der Waals surface area contributed by atoms with Crippen LogP contribution in [0.25, 0.3) is 44.5 Å². The molecule has 0 spiro atoms. The molecule has 45 heavy (non-hydrogen) atoms. The molecular formula is C31H26FN7O5S. The maximum atomic E-state index is 15.8. The molecular weight excluding hydrogens is 601 g/mol. The SMILES string of the molecule is Cn1cc(-c2c3c4c(ncc5c4n(c(=O)n5C)C4CC(C4)OC(=O)NCc4cccc-3c4)n2S(=O)(=O)c2ccccc2)c(F)n1. The van der Waals surface area contributed by atoms with Crippen molar-refractivity contribution in [3.8, 4) is 22.4 Å². The van der Waals surface area contributed by atoms with E-state index in [1.807, 2.05) is 6.07 Å². The molecule has 2 aliphatic heterocycles. The zero-order valence-electron chi connectivity index (χ0n) is 24.1. The predicted molar refractivity (Wildman–Crippen MR) is 162 cm³/mol. The van der Waals surface area contributed by atoms with Gasteiger partial charge in [-0.3, -0.25) is 13.8 Å². The van der Waals surface area contributed by atoms with Crippen LogP contribution < -0.4 is 11.0 Å². The highest BCUT2D eigenvalue weighted by Gasteiger charge is 2.39. The quantitative estimate of drug-likeness (QED) is 0.313. The van der Waals surface area contributed by atoms with E-state index in [0.717, 1.165) is 3.97 Å². The first-order valence-corrected chi connectivity index (χ1v) is 15.8. The number of amides is 1. The number of imidazole rings is 1. The molecule has 6 aromatic rings. The Hall–Kier alpha value is -5.24. The van der Waals surface area contributed by atoms with Crippen molar-refractivity contribution in [3.05, 3.63) is 89.0 Å². The number of carbonyl (C=O) groups excluding carboxylic acids is 1. The number of rotatable bonds is 3. The number of aryl methyl sites for hydroxylation is 2. The van der Waals surface area contributed by atoms with E-state index in [0.29, 0.717) is 46.0 Å². The molecule has 0 atom stereocenters. The Balaban J connectivity index is 1.61. The Kier molecular flexibility index (Phi) is 5.85. The highest BCUT2D eigenvalue weighted by atomic mass is 32.2. The van der Waals surface area contributed by atoms with Crippen molar-refractivity contribution in [1.29, 1.82) is 0 Å². The van der Waals surface area contributed by atoms with Crippen LogP contribution in [0.15, 0.2) is 76.7 Å². The van der Waals surface area contributed by atoms with E-state index in [2.05, 4.69) is 15.4 Å². The minimum absolute atomic E-state index is 0.0189. The van der Waals surface area contributed by atoms with E-state index < -0.39 is 28.2 Å². The number of benzene rings is 2. The second-order valence-corrected chi connectivity index (χ2v) is 13.2. The van der Waals surface area contributed by atoms with Crippen molar-refractivity contribution in [3.63, 3.8) is 0 Å². The number of fused-ring (bicyclic) bond motifs is 3. The number of nitrogens with zero attached hydrogens (tertiary/aromatic N) is 6. The van der Waals surface area contributed by atoms with Crippen LogP contribution in [0.2, 0.25) is 0 Å². The van der Waals surface area contributed by atoms with Gasteiger partial charge in [0.2, 0.25) is 5.95 Å². The first kappa shape index (κ1) is 27.3. The van der Waals surface area contributed by atoms with Crippen molar-refractivity contribution in [1.82, 2.24) is 33.2 Å². The van der Waals surface area contributed by atoms with E-state index in [-0.39, 0.29) is 40.1 Å². The first-order valence-electron chi connectivity index (χ1n) is 14.3. The van der Waals surface area contributed by atoms with Crippen LogP contribution in [0.4, 0.5) is 9.18 Å². The van der Waals surface area contributed by atoms with Crippen LogP contribution >= 0.6 is 0 Å². The van der Waals surface area contributed by atoms with Gasteiger partial charge in [0.25, 0.3) is 10.0 Å². The van der Waals surface area contributed by atoms with Gasteiger partial charge in [0.05, 0.1) is 38.8 Å². The van der Waals surface area contributed by atoms with Gasteiger partial charge in [-0.05, 0) is 29.3 Å². The Labute approximate surface area is 255 Å². The van der Waals surface area contributed by atoms with E-state index in [1.165, 1.54) is 33.8 Å². The first-order chi connectivity index (χ1) is 21.6. The summed E-state index contributed by atoms with van der Waals surface area (Å²) >= 11 is 0. The van der Waals surface area contributed by atoms with E-state index in [1.54, 1.807) is 55.1 Å². The van der Waals surface area contributed by atoms with Crippen molar-refractivity contribution in [2.45, 2.75) is 36.4 Å². The van der Waals surface area contributed by atoms with Crippen LogP contribution in [-0.2, 0) is 35.4 Å². The average molecular weight is 628 g/mol. The normalized spacial score (nSPS) is 18.1. The lowest BCUT2D eigenvalue weighted by Gasteiger charge is -2.35. The fraction of sp³-hybridized carbons (Fsp3) is 0.226.